The molecule has 0 fully saturated rings. The smallest absolute Gasteiger partial charge is 0.113 e. The number of rotatable bonds is 0. The molecule has 3 heteroatoms. The van der Waals surface area contributed by atoms with Gasteiger partial charge in [0.25, 0.3) is 0 Å². The summed E-state index contributed by atoms with van der Waals surface area (Å²) in [4.78, 5) is 0. The van der Waals surface area contributed by atoms with Crippen LogP contribution < -0.4 is 0 Å². The van der Waals surface area contributed by atoms with Crippen molar-refractivity contribution in [1.29, 1.82) is 0 Å². The quantitative estimate of drug-likeness (QED) is 0.454. The largest absolute Gasteiger partial charge is 0.130 e. The van der Waals surface area contributed by atoms with Gasteiger partial charge in [-0.2, -0.15) is 0 Å². The van der Waals surface area contributed by atoms with E-state index in [1.54, 1.807) is 0 Å². The SMILES string of the molecule is ClCC#CC(Br)Br. The maximum absolute atomic E-state index is 5.23. The van der Waals surface area contributed by atoms with Crippen molar-refractivity contribution < 1.29 is 0 Å². The second-order valence-corrected chi connectivity index (χ2v) is 4.08. The summed E-state index contributed by atoms with van der Waals surface area (Å²) in [5.41, 5.74) is 0. The highest BCUT2D eigenvalue weighted by atomic mass is 79.9. The van der Waals surface area contributed by atoms with E-state index in [0.29, 0.717) is 5.88 Å². The van der Waals surface area contributed by atoms with E-state index in [-0.39, 0.29) is 3.74 Å². The molecule has 0 saturated heterocycles. The first-order valence-electron chi connectivity index (χ1n) is 1.60. The fourth-order valence-electron chi connectivity index (χ4n) is 0.116. The van der Waals surface area contributed by atoms with Crippen molar-refractivity contribution in [2.24, 2.45) is 0 Å². The van der Waals surface area contributed by atoms with Gasteiger partial charge in [0.2, 0.25) is 0 Å². The van der Waals surface area contributed by atoms with E-state index in [0.717, 1.165) is 0 Å². The molecule has 0 radical (unpaired) electrons. The summed E-state index contributed by atoms with van der Waals surface area (Å²) in [5.74, 6) is 5.81. The second-order valence-electron chi connectivity index (χ2n) is 0.755. The van der Waals surface area contributed by atoms with E-state index in [2.05, 4.69) is 43.7 Å². The van der Waals surface area contributed by atoms with Crippen molar-refractivity contribution in [3.05, 3.63) is 0 Å². The molecule has 0 unspecified atom stereocenters. The lowest BCUT2D eigenvalue weighted by atomic mass is 10.7. The van der Waals surface area contributed by atoms with Crippen molar-refractivity contribution >= 4 is 43.5 Å². The maximum atomic E-state index is 5.23. The van der Waals surface area contributed by atoms with Crippen LogP contribution >= 0.6 is 43.5 Å². The van der Waals surface area contributed by atoms with Crippen molar-refractivity contribution in [3.8, 4) is 11.8 Å². The Morgan fingerprint density at radius 3 is 2.29 bits per heavy atom. The average Bonchev–Trinajstić information content (AvgIpc) is 1.61. The highest BCUT2D eigenvalue weighted by molar-refractivity contribution is 9.24. The van der Waals surface area contributed by atoms with E-state index in [1.807, 2.05) is 0 Å². The molecule has 0 aliphatic rings. The summed E-state index contributed by atoms with van der Waals surface area (Å²) in [6.45, 7) is 0. The Kier molecular flexibility index (Phi) is 5.53. The Morgan fingerprint density at radius 1 is 1.57 bits per heavy atom. The number of halogens is 3. The predicted molar refractivity (Wildman–Crippen MR) is 40.1 cm³/mol. The molecular formula is C4H3Br2Cl. The summed E-state index contributed by atoms with van der Waals surface area (Å²) < 4.78 is 0.0822. The first-order valence-corrected chi connectivity index (χ1v) is 3.96. The predicted octanol–water partition coefficient (Wildman–Crippen LogP) is 2.34. The molecule has 0 spiro atoms. The third-order valence-electron chi connectivity index (χ3n) is 0.278. The van der Waals surface area contributed by atoms with Crippen molar-refractivity contribution in [2.75, 3.05) is 5.88 Å². The van der Waals surface area contributed by atoms with Gasteiger partial charge >= 0.3 is 0 Å². The first kappa shape index (κ1) is 7.81. The van der Waals surface area contributed by atoms with Gasteiger partial charge in [0, 0.05) is 0 Å². The van der Waals surface area contributed by atoms with Gasteiger partial charge in [0.15, 0.2) is 0 Å². The Labute approximate surface area is 64.9 Å². The molecule has 40 valence electrons. The Bertz CT molecular complexity index is 89.6. The van der Waals surface area contributed by atoms with Crippen LogP contribution in [-0.4, -0.2) is 9.62 Å². The molecule has 0 aromatic carbocycles. The molecule has 0 aliphatic carbocycles. The minimum absolute atomic E-state index is 0.0822. The van der Waals surface area contributed by atoms with Crippen LogP contribution in [0.5, 0.6) is 0 Å². The molecule has 0 bridgehead atoms. The van der Waals surface area contributed by atoms with Crippen LogP contribution in [0.2, 0.25) is 0 Å². The zero-order chi connectivity index (χ0) is 5.70. The Balaban J connectivity index is 3.24. The summed E-state index contributed by atoms with van der Waals surface area (Å²) in [6.07, 6.45) is 0. The van der Waals surface area contributed by atoms with Crippen LogP contribution in [0.1, 0.15) is 0 Å². The van der Waals surface area contributed by atoms with Gasteiger partial charge in [-0.3, -0.25) is 0 Å². The maximum Gasteiger partial charge on any atom is 0.130 e. The van der Waals surface area contributed by atoms with Gasteiger partial charge in [0.05, 0.1) is 5.88 Å². The topological polar surface area (TPSA) is 0 Å². The van der Waals surface area contributed by atoms with E-state index in [4.69, 9.17) is 11.6 Å². The standard InChI is InChI=1S/C4H3Br2Cl/c5-4(6)2-1-3-7/h4H,3H2. The molecular weight excluding hydrogens is 243 g/mol. The molecule has 0 saturated carbocycles. The third kappa shape index (κ3) is 6.81. The van der Waals surface area contributed by atoms with Gasteiger partial charge in [-0.15, -0.1) is 11.6 Å². The molecule has 0 heterocycles. The van der Waals surface area contributed by atoms with Crippen LogP contribution in [0.15, 0.2) is 0 Å². The first-order chi connectivity index (χ1) is 3.27. The van der Waals surface area contributed by atoms with Crippen LogP contribution in [0.4, 0.5) is 0 Å². The molecule has 0 aromatic heterocycles. The highest BCUT2D eigenvalue weighted by Gasteiger charge is 1.82. The number of hydrogen-bond acceptors (Lipinski definition) is 0. The van der Waals surface area contributed by atoms with E-state index in [1.165, 1.54) is 0 Å². The normalized spacial score (nSPS) is 8.00. The van der Waals surface area contributed by atoms with Crippen molar-refractivity contribution in [1.82, 2.24) is 0 Å². The van der Waals surface area contributed by atoms with Gasteiger partial charge in [-0.05, 0) is 0 Å². The van der Waals surface area contributed by atoms with Crippen molar-refractivity contribution in [2.45, 2.75) is 3.74 Å². The monoisotopic (exact) mass is 244 g/mol. The highest BCUT2D eigenvalue weighted by Crippen LogP contribution is 2.04. The fourth-order valence-corrected chi connectivity index (χ4v) is 0.517. The van der Waals surface area contributed by atoms with Gasteiger partial charge in [-0.25, -0.2) is 0 Å². The average molecular weight is 246 g/mol. The summed E-state index contributed by atoms with van der Waals surface area (Å²) in [5, 5.41) is 0. The molecule has 0 aliphatic heterocycles. The van der Waals surface area contributed by atoms with Gasteiger partial charge in [-0.1, -0.05) is 43.7 Å². The third-order valence-corrected chi connectivity index (χ3v) is 0.869. The lowest BCUT2D eigenvalue weighted by Crippen LogP contribution is -1.73. The number of alkyl halides is 3. The van der Waals surface area contributed by atoms with Crippen LogP contribution in [0.3, 0.4) is 0 Å². The zero-order valence-electron chi connectivity index (χ0n) is 3.42. The lowest BCUT2D eigenvalue weighted by molar-refractivity contribution is 1.81. The molecule has 7 heavy (non-hydrogen) atoms. The van der Waals surface area contributed by atoms with Gasteiger partial charge in [0.1, 0.15) is 3.74 Å². The van der Waals surface area contributed by atoms with Crippen molar-refractivity contribution in [3.63, 3.8) is 0 Å². The molecule has 0 rings (SSSR count). The lowest BCUT2D eigenvalue weighted by Gasteiger charge is -1.78. The fraction of sp³-hybridized carbons (Fsp3) is 0.500. The Hall–Kier alpha value is 0.810. The minimum atomic E-state index is 0.0822. The molecule has 0 N–H and O–H groups in total. The molecule has 0 aromatic rings. The minimum Gasteiger partial charge on any atom is -0.113 e. The summed E-state index contributed by atoms with van der Waals surface area (Å²) in [6, 6.07) is 0. The molecule has 0 nitrogen and oxygen atoms in total. The summed E-state index contributed by atoms with van der Waals surface area (Å²) in [7, 11) is 0. The van der Waals surface area contributed by atoms with Crippen LogP contribution in [-0.2, 0) is 0 Å². The van der Waals surface area contributed by atoms with E-state index >= 15 is 0 Å². The Morgan fingerprint density at radius 2 is 2.14 bits per heavy atom. The van der Waals surface area contributed by atoms with Crippen LogP contribution in [0, 0.1) is 11.8 Å². The van der Waals surface area contributed by atoms with E-state index in [9.17, 15) is 0 Å². The molecule has 0 atom stereocenters. The zero-order valence-corrected chi connectivity index (χ0v) is 7.35. The van der Waals surface area contributed by atoms with Crippen LogP contribution in [0.25, 0.3) is 0 Å². The van der Waals surface area contributed by atoms with E-state index < -0.39 is 0 Å². The number of hydrogen-bond donors (Lipinski definition) is 0. The second kappa shape index (κ2) is 4.96. The summed E-state index contributed by atoms with van der Waals surface area (Å²) >= 11 is 11.5. The molecule has 0 amide bonds. The van der Waals surface area contributed by atoms with Gasteiger partial charge < -0.3 is 0 Å².